The number of nitrogens with one attached hydrogen (secondary N) is 2. The van der Waals surface area contributed by atoms with Gasteiger partial charge in [0.15, 0.2) is 11.0 Å². The molecule has 0 unspecified atom stereocenters. The van der Waals surface area contributed by atoms with Gasteiger partial charge >= 0.3 is 0 Å². The van der Waals surface area contributed by atoms with Gasteiger partial charge in [-0.05, 0) is 37.0 Å². The molecule has 1 aromatic carbocycles. The van der Waals surface area contributed by atoms with Crippen LogP contribution in [0.2, 0.25) is 10.0 Å². The van der Waals surface area contributed by atoms with Crippen LogP contribution in [0.25, 0.3) is 0 Å². The summed E-state index contributed by atoms with van der Waals surface area (Å²) in [6, 6.07) is 4.94. The summed E-state index contributed by atoms with van der Waals surface area (Å²) >= 11 is 13.2. The van der Waals surface area contributed by atoms with Crippen molar-refractivity contribution in [3.63, 3.8) is 0 Å². The van der Waals surface area contributed by atoms with Crippen molar-refractivity contribution in [3.05, 3.63) is 52.3 Å². The SMILES string of the molecule is C=CCn1c(CNC(=O)c2ccc(Cl)c(Cl)c2)nnc1SCC(=O)N[C@H]1CCCC[C@H]1C. The van der Waals surface area contributed by atoms with Gasteiger partial charge in [-0.3, -0.25) is 9.59 Å². The van der Waals surface area contributed by atoms with Crippen molar-refractivity contribution >= 4 is 46.8 Å². The normalized spacial score (nSPS) is 18.2. The third-order valence-electron chi connectivity index (χ3n) is 5.48. The minimum atomic E-state index is -0.299. The topological polar surface area (TPSA) is 88.9 Å². The van der Waals surface area contributed by atoms with E-state index in [0.29, 0.717) is 39.1 Å². The molecule has 0 aliphatic heterocycles. The lowest BCUT2D eigenvalue weighted by Crippen LogP contribution is -2.41. The smallest absolute Gasteiger partial charge is 0.251 e. The molecule has 2 atom stereocenters. The molecular formula is C22H27Cl2N5O2S. The maximum Gasteiger partial charge on any atom is 0.251 e. The highest BCUT2D eigenvalue weighted by molar-refractivity contribution is 7.99. The number of hydrogen-bond acceptors (Lipinski definition) is 5. The Balaban J connectivity index is 1.58. The van der Waals surface area contributed by atoms with Crippen LogP contribution < -0.4 is 10.6 Å². The number of hydrogen-bond donors (Lipinski definition) is 2. The first kappa shape index (κ1) is 24.6. The van der Waals surface area contributed by atoms with Crippen LogP contribution in [-0.2, 0) is 17.9 Å². The van der Waals surface area contributed by atoms with E-state index in [2.05, 4.69) is 34.3 Å². The van der Waals surface area contributed by atoms with Gasteiger partial charge in [0.05, 0.1) is 22.3 Å². The Bertz CT molecular complexity index is 981. The maximum atomic E-state index is 12.4. The number of aromatic nitrogens is 3. The molecule has 1 aliphatic rings. The highest BCUT2D eigenvalue weighted by atomic mass is 35.5. The first-order chi connectivity index (χ1) is 15.4. The lowest BCUT2D eigenvalue weighted by atomic mass is 9.86. The van der Waals surface area contributed by atoms with E-state index >= 15 is 0 Å². The average molecular weight is 496 g/mol. The molecule has 1 fully saturated rings. The monoisotopic (exact) mass is 495 g/mol. The van der Waals surface area contributed by atoms with Crippen molar-refractivity contribution in [2.45, 2.75) is 56.9 Å². The quantitative estimate of drug-likeness (QED) is 0.395. The van der Waals surface area contributed by atoms with Gasteiger partial charge in [-0.15, -0.1) is 16.8 Å². The van der Waals surface area contributed by atoms with E-state index in [9.17, 15) is 9.59 Å². The van der Waals surface area contributed by atoms with Crippen LogP contribution in [0.3, 0.4) is 0 Å². The summed E-state index contributed by atoms with van der Waals surface area (Å²) in [5.41, 5.74) is 0.400. The minimum Gasteiger partial charge on any atom is -0.352 e. The van der Waals surface area contributed by atoms with Crippen LogP contribution >= 0.6 is 35.0 Å². The van der Waals surface area contributed by atoms with E-state index in [0.717, 1.165) is 19.3 Å². The van der Waals surface area contributed by atoms with E-state index in [1.807, 2.05) is 4.57 Å². The minimum absolute atomic E-state index is 0.00336. The van der Waals surface area contributed by atoms with Crippen molar-refractivity contribution in [3.8, 4) is 0 Å². The molecule has 1 aromatic heterocycles. The molecule has 0 saturated heterocycles. The zero-order valence-corrected chi connectivity index (χ0v) is 20.3. The van der Waals surface area contributed by atoms with Gasteiger partial charge in [-0.2, -0.15) is 0 Å². The fourth-order valence-corrected chi connectivity index (χ4v) is 4.75. The molecule has 3 rings (SSSR count). The van der Waals surface area contributed by atoms with Crippen LogP contribution in [-0.4, -0.2) is 38.4 Å². The molecule has 7 nitrogen and oxygen atoms in total. The summed E-state index contributed by atoms with van der Waals surface area (Å²) in [4.78, 5) is 24.9. The molecule has 10 heteroatoms. The van der Waals surface area contributed by atoms with E-state index < -0.39 is 0 Å². The summed E-state index contributed by atoms with van der Waals surface area (Å²) in [5, 5.41) is 15.7. The number of allylic oxidation sites excluding steroid dienone is 1. The molecular weight excluding hydrogens is 469 g/mol. The van der Waals surface area contributed by atoms with Crippen LogP contribution in [0.15, 0.2) is 36.0 Å². The Morgan fingerprint density at radius 1 is 1.25 bits per heavy atom. The fraction of sp³-hybridized carbons (Fsp3) is 0.455. The van der Waals surface area contributed by atoms with Gasteiger partial charge in [0, 0.05) is 18.2 Å². The summed E-state index contributed by atoms with van der Waals surface area (Å²) in [6.07, 6.45) is 6.31. The molecule has 1 heterocycles. The highest BCUT2D eigenvalue weighted by Gasteiger charge is 2.23. The number of nitrogens with zero attached hydrogens (tertiary/aromatic N) is 3. The highest BCUT2D eigenvalue weighted by Crippen LogP contribution is 2.25. The summed E-state index contributed by atoms with van der Waals surface area (Å²) in [6.45, 7) is 6.61. The molecule has 0 radical (unpaired) electrons. The van der Waals surface area contributed by atoms with Gasteiger partial charge in [-0.25, -0.2) is 0 Å². The Morgan fingerprint density at radius 2 is 2.03 bits per heavy atom. The van der Waals surface area contributed by atoms with Gasteiger partial charge in [-0.1, -0.05) is 60.8 Å². The van der Waals surface area contributed by atoms with Crippen LogP contribution in [0.1, 0.15) is 48.8 Å². The van der Waals surface area contributed by atoms with Gasteiger partial charge < -0.3 is 15.2 Å². The number of carbonyl (C=O) groups is 2. The molecule has 1 aliphatic carbocycles. The number of benzene rings is 1. The van der Waals surface area contributed by atoms with Gasteiger partial charge in [0.2, 0.25) is 5.91 Å². The van der Waals surface area contributed by atoms with Crippen molar-refractivity contribution in [2.24, 2.45) is 5.92 Å². The van der Waals surface area contributed by atoms with Crippen molar-refractivity contribution < 1.29 is 9.59 Å². The predicted octanol–water partition coefficient (Wildman–Crippen LogP) is 4.49. The largest absolute Gasteiger partial charge is 0.352 e. The molecule has 172 valence electrons. The summed E-state index contributed by atoms with van der Waals surface area (Å²) < 4.78 is 1.84. The third kappa shape index (κ3) is 6.49. The van der Waals surface area contributed by atoms with Crippen LogP contribution in [0.5, 0.6) is 0 Å². The second kappa shape index (κ2) is 11.7. The lowest BCUT2D eigenvalue weighted by Gasteiger charge is -2.29. The number of carbonyl (C=O) groups excluding carboxylic acids is 2. The van der Waals surface area contributed by atoms with E-state index in [-0.39, 0.29) is 30.2 Å². The Kier molecular flexibility index (Phi) is 9.02. The second-order valence-electron chi connectivity index (χ2n) is 7.83. The fourth-order valence-electron chi connectivity index (χ4n) is 3.68. The molecule has 32 heavy (non-hydrogen) atoms. The van der Waals surface area contributed by atoms with Crippen molar-refractivity contribution in [1.82, 2.24) is 25.4 Å². The van der Waals surface area contributed by atoms with E-state index in [4.69, 9.17) is 23.2 Å². The predicted molar refractivity (Wildman–Crippen MR) is 128 cm³/mol. The summed E-state index contributed by atoms with van der Waals surface area (Å²) in [5.74, 6) is 1.03. The van der Waals surface area contributed by atoms with Gasteiger partial charge in [0.25, 0.3) is 5.91 Å². The Hall–Kier alpha value is -2.03. The summed E-state index contributed by atoms with van der Waals surface area (Å²) in [7, 11) is 0. The zero-order valence-electron chi connectivity index (χ0n) is 17.9. The first-order valence-corrected chi connectivity index (χ1v) is 12.3. The molecule has 2 N–H and O–H groups in total. The number of halogens is 2. The van der Waals surface area contributed by atoms with Crippen molar-refractivity contribution in [1.29, 1.82) is 0 Å². The molecule has 0 spiro atoms. The second-order valence-corrected chi connectivity index (χ2v) is 9.59. The Labute approximate surface area is 202 Å². The third-order valence-corrected chi connectivity index (χ3v) is 7.19. The maximum absolute atomic E-state index is 12.4. The number of amides is 2. The Morgan fingerprint density at radius 3 is 2.75 bits per heavy atom. The van der Waals surface area contributed by atoms with Crippen LogP contribution in [0, 0.1) is 5.92 Å². The lowest BCUT2D eigenvalue weighted by molar-refractivity contribution is -0.119. The van der Waals surface area contributed by atoms with Gasteiger partial charge in [0.1, 0.15) is 0 Å². The first-order valence-electron chi connectivity index (χ1n) is 10.6. The standard InChI is InChI=1S/C22H27Cl2N5O2S/c1-3-10-29-19(12-25-21(31)15-8-9-16(23)17(24)11-15)27-28-22(29)32-13-20(30)26-18-7-5-4-6-14(18)2/h3,8-9,11,14,18H,1,4-7,10,12-13H2,2H3,(H,25,31)(H,26,30)/t14-,18+/m1/s1. The molecule has 2 amide bonds. The number of rotatable bonds is 9. The molecule has 2 aromatic rings. The average Bonchev–Trinajstić information content (AvgIpc) is 3.16. The van der Waals surface area contributed by atoms with Crippen molar-refractivity contribution in [2.75, 3.05) is 5.75 Å². The van der Waals surface area contributed by atoms with E-state index in [1.54, 1.807) is 18.2 Å². The zero-order chi connectivity index (χ0) is 23.1. The van der Waals surface area contributed by atoms with E-state index in [1.165, 1.54) is 24.2 Å². The molecule has 1 saturated carbocycles. The number of thioether (sulfide) groups is 1. The van der Waals surface area contributed by atoms with Crippen LogP contribution in [0.4, 0.5) is 0 Å². The molecule has 0 bridgehead atoms.